The number of hydrazine groups is 1. The maximum atomic E-state index is 14.1. The van der Waals surface area contributed by atoms with Crippen molar-refractivity contribution in [3.05, 3.63) is 70.5 Å². The van der Waals surface area contributed by atoms with Gasteiger partial charge in [-0.05, 0) is 40.8 Å². The molecular formula is C36H46F2N8O9. The number of nitrogens with two attached hydrogens (primary N) is 2. The number of Topliss-reactive ketones (excluding diaryl/α,β-unsaturated/α-hetero) is 1. The van der Waals surface area contributed by atoms with Crippen LogP contribution in [0, 0.1) is 0 Å². The topological polar surface area (TPSA) is 239 Å². The second kappa shape index (κ2) is 18.5. The molecule has 8 N–H and O–H groups in total. The molecule has 2 aromatic carbocycles. The zero-order chi connectivity index (χ0) is 40.4. The third kappa shape index (κ3) is 11.1. The Morgan fingerprint density at radius 3 is 2.45 bits per heavy atom. The molecule has 2 saturated heterocycles. The van der Waals surface area contributed by atoms with Gasteiger partial charge in [0.05, 0.1) is 46.2 Å². The Bertz CT molecular complexity index is 1820. The predicted octanol–water partition coefficient (Wildman–Crippen LogP) is -0.463. The molecule has 3 heterocycles. The first-order valence-electron chi connectivity index (χ1n) is 17.3. The van der Waals surface area contributed by atoms with Gasteiger partial charge in [-0.2, -0.15) is 0 Å². The largest absolute Gasteiger partial charge is 0.493 e. The molecule has 0 saturated carbocycles. The number of hydrogen-bond acceptors (Lipinski definition) is 12. The molecule has 2 aromatic rings. The second-order valence-corrected chi connectivity index (χ2v) is 13.2. The number of ether oxygens (including phenoxy) is 2. The van der Waals surface area contributed by atoms with Crippen molar-refractivity contribution in [2.45, 2.75) is 70.4 Å². The lowest BCUT2D eigenvalue weighted by Crippen LogP contribution is -2.51. The molecule has 55 heavy (non-hydrogen) atoms. The number of methoxy groups -OCH3 is 2. The van der Waals surface area contributed by atoms with Crippen molar-refractivity contribution in [2.75, 3.05) is 33.9 Å². The SMILES string of the molecule is CC(=O)N1Cc2cccc(CN(N)/C=C(\N)CO)c2C1.COc1ccc(CNC(=O)C(=O)C2CC(F)(F)CN2C(=O)CNC(=O)C2CCC(=O)N2)cc1OC. The summed E-state index contributed by atoms with van der Waals surface area (Å²) in [7, 11) is 2.89. The average Bonchev–Trinajstić information content (AvgIpc) is 3.89. The van der Waals surface area contributed by atoms with Crippen LogP contribution in [-0.4, -0.2) is 107 Å². The van der Waals surface area contributed by atoms with E-state index in [1.54, 1.807) is 30.0 Å². The molecule has 0 aliphatic carbocycles. The molecule has 3 aliphatic heterocycles. The Kier molecular flexibility index (Phi) is 14.1. The molecular weight excluding hydrogens is 726 g/mol. The summed E-state index contributed by atoms with van der Waals surface area (Å²) in [5, 5.41) is 17.4. The van der Waals surface area contributed by atoms with Gasteiger partial charge in [-0.15, -0.1) is 0 Å². The summed E-state index contributed by atoms with van der Waals surface area (Å²) in [6.07, 6.45) is 0.923. The summed E-state index contributed by atoms with van der Waals surface area (Å²) in [5.41, 5.74) is 9.78. The molecule has 0 radical (unpaired) electrons. The fraction of sp³-hybridized carbons (Fsp3) is 0.444. The van der Waals surface area contributed by atoms with Crippen molar-refractivity contribution in [2.24, 2.45) is 11.6 Å². The molecule has 5 rings (SSSR count). The normalized spacial score (nSPS) is 18.4. The number of aliphatic hydroxyl groups is 1. The standard InChI is InChI=1S/C22H26F2N4O7.C14H20N4O2/c1-34-15-5-3-12(7-16(15)35-2)9-25-21(33)19(31)14-8-22(23,24)11-28(14)18(30)10-26-20(32)13-4-6-17(29)27-13;1-10(20)17-5-11-3-2-4-12(14(11)8-17)6-18(16)7-13(15)9-19/h3,5,7,13-14H,4,6,8-11H2,1-2H3,(H,25,33)(H,26,32)(H,27,29);2-4,7,19H,5-6,8-9,15-16H2,1H3/b;13-7-. The fourth-order valence-electron chi connectivity index (χ4n) is 6.28. The molecule has 5 amide bonds. The lowest BCUT2D eigenvalue weighted by molar-refractivity contribution is -0.144. The van der Waals surface area contributed by atoms with Crippen LogP contribution in [0.3, 0.4) is 0 Å². The average molecular weight is 773 g/mol. The minimum atomic E-state index is -3.37. The van der Waals surface area contributed by atoms with Gasteiger partial charge in [0.1, 0.15) is 12.1 Å². The minimum Gasteiger partial charge on any atom is -0.493 e. The number of nitrogens with zero attached hydrogens (tertiary/aromatic N) is 3. The molecule has 2 unspecified atom stereocenters. The van der Waals surface area contributed by atoms with E-state index in [4.69, 9.17) is 26.2 Å². The van der Waals surface area contributed by atoms with Crippen LogP contribution in [0.1, 0.15) is 48.4 Å². The number of nitrogens with one attached hydrogen (secondary N) is 3. The number of benzene rings is 2. The van der Waals surface area contributed by atoms with Crippen molar-refractivity contribution in [1.29, 1.82) is 0 Å². The quantitative estimate of drug-likeness (QED) is 0.0862. The Morgan fingerprint density at radius 2 is 1.82 bits per heavy atom. The first-order chi connectivity index (χ1) is 26.0. The van der Waals surface area contributed by atoms with Crippen LogP contribution < -0.4 is 37.0 Å². The van der Waals surface area contributed by atoms with Crippen molar-refractivity contribution in [3.8, 4) is 11.5 Å². The highest BCUT2D eigenvalue weighted by Crippen LogP contribution is 2.33. The number of rotatable bonds is 13. The van der Waals surface area contributed by atoms with E-state index in [1.165, 1.54) is 25.4 Å². The van der Waals surface area contributed by atoms with Gasteiger partial charge in [0.25, 0.3) is 11.8 Å². The zero-order valence-corrected chi connectivity index (χ0v) is 30.7. The number of halogens is 2. The van der Waals surface area contributed by atoms with Crippen molar-refractivity contribution in [3.63, 3.8) is 0 Å². The molecule has 17 nitrogen and oxygen atoms in total. The van der Waals surface area contributed by atoms with Crippen LogP contribution in [-0.2, 0) is 54.9 Å². The van der Waals surface area contributed by atoms with E-state index < -0.39 is 61.0 Å². The van der Waals surface area contributed by atoms with E-state index in [9.17, 15) is 37.5 Å². The van der Waals surface area contributed by atoms with E-state index in [1.807, 2.05) is 18.2 Å². The second-order valence-electron chi connectivity index (χ2n) is 13.2. The lowest BCUT2D eigenvalue weighted by atomic mass is 10.0. The molecule has 298 valence electrons. The molecule has 0 aromatic heterocycles. The predicted molar refractivity (Wildman–Crippen MR) is 191 cm³/mol. The lowest BCUT2D eigenvalue weighted by Gasteiger charge is -2.23. The molecule has 0 spiro atoms. The van der Waals surface area contributed by atoms with Crippen LogP contribution in [0.5, 0.6) is 11.5 Å². The van der Waals surface area contributed by atoms with Crippen LogP contribution in [0.4, 0.5) is 8.78 Å². The summed E-state index contributed by atoms with van der Waals surface area (Å²) < 4.78 is 38.5. The van der Waals surface area contributed by atoms with Crippen molar-refractivity contribution in [1.82, 2.24) is 30.8 Å². The molecule has 0 bridgehead atoms. The van der Waals surface area contributed by atoms with Gasteiger partial charge in [-0.1, -0.05) is 24.3 Å². The number of alkyl halides is 2. The van der Waals surface area contributed by atoms with Gasteiger partial charge in [0.15, 0.2) is 11.5 Å². The molecule has 2 atom stereocenters. The Morgan fingerprint density at radius 1 is 1.09 bits per heavy atom. The summed E-state index contributed by atoms with van der Waals surface area (Å²) >= 11 is 0. The third-order valence-corrected chi connectivity index (χ3v) is 9.14. The van der Waals surface area contributed by atoms with Gasteiger partial charge in [-0.25, -0.2) is 14.6 Å². The van der Waals surface area contributed by atoms with Gasteiger partial charge < -0.3 is 51.1 Å². The monoisotopic (exact) mass is 772 g/mol. The van der Waals surface area contributed by atoms with Crippen LogP contribution in [0.25, 0.3) is 0 Å². The van der Waals surface area contributed by atoms with Crippen molar-refractivity contribution >= 4 is 35.3 Å². The van der Waals surface area contributed by atoms with E-state index in [2.05, 4.69) is 16.0 Å². The van der Waals surface area contributed by atoms with Crippen LogP contribution in [0.15, 0.2) is 48.3 Å². The van der Waals surface area contributed by atoms with Gasteiger partial charge in [0.2, 0.25) is 29.4 Å². The summed E-state index contributed by atoms with van der Waals surface area (Å²) in [4.78, 5) is 74.8. The first kappa shape index (κ1) is 41.9. The highest BCUT2D eigenvalue weighted by Gasteiger charge is 2.51. The van der Waals surface area contributed by atoms with Crippen LogP contribution in [0.2, 0.25) is 0 Å². The van der Waals surface area contributed by atoms with E-state index in [-0.39, 0.29) is 37.8 Å². The molecule has 19 heteroatoms. The maximum absolute atomic E-state index is 14.1. The van der Waals surface area contributed by atoms with Gasteiger partial charge in [0, 0.05) is 45.6 Å². The Balaban J connectivity index is 0.000000284. The molecule has 2 fully saturated rings. The van der Waals surface area contributed by atoms with Gasteiger partial charge in [-0.3, -0.25) is 28.8 Å². The number of aliphatic hydroxyl groups excluding tert-OH is 1. The van der Waals surface area contributed by atoms with E-state index in [0.29, 0.717) is 47.3 Å². The van der Waals surface area contributed by atoms with E-state index in [0.717, 1.165) is 16.7 Å². The first-order valence-corrected chi connectivity index (χ1v) is 17.3. The number of likely N-dealkylation sites (tertiary alicyclic amines) is 1. The third-order valence-electron chi connectivity index (χ3n) is 9.14. The van der Waals surface area contributed by atoms with Crippen LogP contribution >= 0.6 is 0 Å². The summed E-state index contributed by atoms with van der Waals surface area (Å²) in [5.74, 6) is -0.778. The fourth-order valence-corrected chi connectivity index (χ4v) is 6.28. The summed E-state index contributed by atoms with van der Waals surface area (Å²) in [6.45, 7) is 1.30. The number of ketones is 1. The highest BCUT2D eigenvalue weighted by atomic mass is 19.3. The highest BCUT2D eigenvalue weighted by molar-refractivity contribution is 6.38. The van der Waals surface area contributed by atoms with Gasteiger partial charge >= 0.3 is 0 Å². The smallest absolute Gasteiger partial charge is 0.289 e. The number of carbonyl (C=O) groups excluding carboxylic acids is 6. The number of hydrogen-bond donors (Lipinski definition) is 6. The Labute approximate surface area is 315 Å². The van der Waals surface area contributed by atoms with E-state index >= 15 is 0 Å². The number of carbonyl (C=O) groups is 6. The maximum Gasteiger partial charge on any atom is 0.289 e. The summed E-state index contributed by atoms with van der Waals surface area (Å²) in [6, 6.07) is 8.31. The molecule has 3 aliphatic rings. The minimum absolute atomic E-state index is 0.0705. The Hall–Kier alpha value is -5.82. The zero-order valence-electron chi connectivity index (χ0n) is 30.7. The number of amides is 5. The number of fused-ring (bicyclic) bond motifs is 1. The van der Waals surface area contributed by atoms with Crippen molar-refractivity contribution < 1.29 is 52.1 Å².